The molecule has 3 nitrogen and oxygen atoms in total. The van der Waals surface area contributed by atoms with Crippen molar-refractivity contribution in [2.75, 3.05) is 40.3 Å². The van der Waals surface area contributed by atoms with Gasteiger partial charge in [0.05, 0.1) is 0 Å². The molecule has 1 aliphatic heterocycles. The Bertz CT molecular complexity index is 242. The first-order chi connectivity index (χ1) is 8.86. The molecule has 0 aromatic carbocycles. The van der Waals surface area contributed by atoms with Crippen LogP contribution in [0.4, 0.5) is 0 Å². The molecule has 1 rings (SSSR count). The minimum atomic E-state index is 0.347. The van der Waals surface area contributed by atoms with E-state index in [-0.39, 0.29) is 0 Å². The molecular weight excluding hydrogens is 234 g/mol. The van der Waals surface area contributed by atoms with E-state index in [4.69, 9.17) is 0 Å². The summed E-state index contributed by atoms with van der Waals surface area (Å²) in [6, 6.07) is 1.37. The Kier molecular flexibility index (Phi) is 6.78. The molecule has 0 aromatic heterocycles. The van der Waals surface area contributed by atoms with Crippen molar-refractivity contribution in [1.29, 1.82) is 0 Å². The number of hydrogen-bond acceptors (Lipinski definition) is 3. The van der Waals surface area contributed by atoms with E-state index in [0.29, 0.717) is 11.5 Å². The molecule has 0 aromatic rings. The Morgan fingerprint density at radius 2 is 1.84 bits per heavy atom. The topological polar surface area (TPSA) is 18.5 Å². The molecule has 1 fully saturated rings. The van der Waals surface area contributed by atoms with Crippen molar-refractivity contribution in [2.24, 2.45) is 5.41 Å². The predicted molar refractivity (Wildman–Crippen MR) is 84.7 cm³/mol. The fourth-order valence-electron chi connectivity index (χ4n) is 2.94. The second kappa shape index (κ2) is 7.61. The van der Waals surface area contributed by atoms with Crippen LogP contribution in [0, 0.1) is 5.41 Å². The first kappa shape index (κ1) is 16.9. The number of nitrogens with one attached hydrogen (secondary N) is 1. The highest BCUT2D eigenvalue weighted by Gasteiger charge is 2.30. The van der Waals surface area contributed by atoms with Gasteiger partial charge in [-0.3, -0.25) is 0 Å². The zero-order valence-electron chi connectivity index (χ0n) is 14.0. The van der Waals surface area contributed by atoms with Gasteiger partial charge in [0.1, 0.15) is 0 Å². The fraction of sp³-hybridized carbons (Fsp3) is 1.00. The summed E-state index contributed by atoms with van der Waals surface area (Å²) in [5.41, 5.74) is 0.347. The second-order valence-corrected chi connectivity index (χ2v) is 7.14. The van der Waals surface area contributed by atoms with E-state index in [9.17, 15) is 0 Å². The van der Waals surface area contributed by atoms with E-state index in [0.717, 1.165) is 12.6 Å². The van der Waals surface area contributed by atoms with Crippen molar-refractivity contribution >= 4 is 0 Å². The van der Waals surface area contributed by atoms with Crippen molar-refractivity contribution in [1.82, 2.24) is 15.1 Å². The van der Waals surface area contributed by atoms with Crippen LogP contribution in [-0.2, 0) is 0 Å². The highest BCUT2D eigenvalue weighted by Crippen LogP contribution is 2.24. The molecular formula is C16H35N3. The van der Waals surface area contributed by atoms with Crippen molar-refractivity contribution in [3.63, 3.8) is 0 Å². The van der Waals surface area contributed by atoms with Crippen LogP contribution in [0.25, 0.3) is 0 Å². The van der Waals surface area contributed by atoms with Gasteiger partial charge in [-0.05, 0) is 65.3 Å². The summed E-state index contributed by atoms with van der Waals surface area (Å²) in [7, 11) is 4.42. The maximum absolute atomic E-state index is 3.65. The number of rotatable bonds is 7. The zero-order valence-corrected chi connectivity index (χ0v) is 14.0. The van der Waals surface area contributed by atoms with Crippen molar-refractivity contribution in [2.45, 2.75) is 59.0 Å². The van der Waals surface area contributed by atoms with Gasteiger partial charge in [-0.25, -0.2) is 0 Å². The summed E-state index contributed by atoms with van der Waals surface area (Å²) in [5, 5.41) is 3.65. The van der Waals surface area contributed by atoms with E-state index in [1.165, 1.54) is 38.9 Å². The van der Waals surface area contributed by atoms with E-state index in [1.54, 1.807) is 0 Å². The Labute approximate surface area is 120 Å². The summed E-state index contributed by atoms with van der Waals surface area (Å²) in [5.74, 6) is 0. The molecule has 1 atom stereocenters. The summed E-state index contributed by atoms with van der Waals surface area (Å²) in [6.07, 6.45) is 3.86. The lowest BCUT2D eigenvalue weighted by molar-refractivity contribution is 0.0924. The third-order valence-corrected chi connectivity index (χ3v) is 4.79. The van der Waals surface area contributed by atoms with Gasteiger partial charge in [0.15, 0.2) is 0 Å². The maximum atomic E-state index is 3.65. The highest BCUT2D eigenvalue weighted by molar-refractivity contribution is 4.86. The van der Waals surface area contributed by atoms with E-state index in [1.807, 2.05) is 0 Å². The standard InChI is InChI=1S/C16H35N3/c1-7-10-17-14(2)16(3,4)13-19-11-8-15(9-12-19)18(5)6/h14-15,17H,7-13H2,1-6H3. The largest absolute Gasteiger partial charge is 0.314 e. The van der Waals surface area contributed by atoms with Gasteiger partial charge in [-0.1, -0.05) is 20.8 Å². The molecule has 0 saturated carbocycles. The lowest BCUT2D eigenvalue weighted by atomic mass is 9.84. The van der Waals surface area contributed by atoms with Gasteiger partial charge < -0.3 is 15.1 Å². The number of likely N-dealkylation sites (tertiary alicyclic amines) is 1. The van der Waals surface area contributed by atoms with Crippen molar-refractivity contribution < 1.29 is 0 Å². The van der Waals surface area contributed by atoms with Crippen LogP contribution >= 0.6 is 0 Å². The second-order valence-electron chi connectivity index (χ2n) is 7.14. The van der Waals surface area contributed by atoms with Crippen LogP contribution in [-0.4, -0.2) is 62.2 Å². The molecule has 0 amide bonds. The van der Waals surface area contributed by atoms with E-state index >= 15 is 0 Å². The molecule has 1 N–H and O–H groups in total. The molecule has 19 heavy (non-hydrogen) atoms. The molecule has 1 saturated heterocycles. The highest BCUT2D eigenvalue weighted by atomic mass is 15.2. The molecule has 0 aliphatic carbocycles. The van der Waals surface area contributed by atoms with E-state index < -0.39 is 0 Å². The van der Waals surface area contributed by atoms with Gasteiger partial charge in [0, 0.05) is 18.6 Å². The molecule has 0 bridgehead atoms. The summed E-state index contributed by atoms with van der Waals surface area (Å²) in [6.45, 7) is 14.2. The number of hydrogen-bond donors (Lipinski definition) is 1. The minimum absolute atomic E-state index is 0.347. The first-order valence-electron chi connectivity index (χ1n) is 7.99. The smallest absolute Gasteiger partial charge is 0.0113 e. The molecule has 0 spiro atoms. The average molecular weight is 269 g/mol. The van der Waals surface area contributed by atoms with Gasteiger partial charge in [-0.15, -0.1) is 0 Å². The quantitative estimate of drug-likeness (QED) is 0.766. The number of nitrogens with zero attached hydrogens (tertiary/aromatic N) is 2. The minimum Gasteiger partial charge on any atom is -0.314 e. The van der Waals surface area contributed by atoms with Crippen LogP contribution in [0.3, 0.4) is 0 Å². The molecule has 114 valence electrons. The van der Waals surface area contributed by atoms with Gasteiger partial charge in [0.25, 0.3) is 0 Å². The predicted octanol–water partition coefficient (Wildman–Crippen LogP) is 2.43. The van der Waals surface area contributed by atoms with Gasteiger partial charge >= 0.3 is 0 Å². The maximum Gasteiger partial charge on any atom is 0.0113 e. The fourth-order valence-corrected chi connectivity index (χ4v) is 2.94. The molecule has 0 radical (unpaired) electrons. The molecule has 1 aliphatic rings. The SMILES string of the molecule is CCCNC(C)C(C)(C)CN1CCC(N(C)C)CC1. The van der Waals surface area contributed by atoms with Crippen LogP contribution in [0.15, 0.2) is 0 Å². The van der Waals surface area contributed by atoms with Gasteiger partial charge in [-0.2, -0.15) is 0 Å². The summed E-state index contributed by atoms with van der Waals surface area (Å²) < 4.78 is 0. The van der Waals surface area contributed by atoms with Crippen LogP contribution in [0.2, 0.25) is 0 Å². The van der Waals surface area contributed by atoms with Crippen molar-refractivity contribution in [3.8, 4) is 0 Å². The van der Waals surface area contributed by atoms with Crippen molar-refractivity contribution in [3.05, 3.63) is 0 Å². The molecule has 3 heteroatoms. The third kappa shape index (κ3) is 5.41. The Morgan fingerprint density at radius 3 is 2.32 bits per heavy atom. The van der Waals surface area contributed by atoms with Crippen LogP contribution < -0.4 is 5.32 Å². The Hall–Kier alpha value is -0.120. The lowest BCUT2D eigenvalue weighted by Gasteiger charge is -2.41. The third-order valence-electron chi connectivity index (χ3n) is 4.79. The lowest BCUT2D eigenvalue weighted by Crippen LogP contribution is -2.50. The van der Waals surface area contributed by atoms with E-state index in [2.05, 4.69) is 56.9 Å². The normalized spacial score (nSPS) is 21.0. The Morgan fingerprint density at radius 1 is 1.26 bits per heavy atom. The van der Waals surface area contributed by atoms with Crippen LogP contribution in [0.5, 0.6) is 0 Å². The molecule has 1 unspecified atom stereocenters. The average Bonchev–Trinajstić information content (AvgIpc) is 2.36. The monoisotopic (exact) mass is 269 g/mol. The zero-order chi connectivity index (χ0) is 14.5. The molecule has 1 heterocycles. The van der Waals surface area contributed by atoms with Gasteiger partial charge in [0.2, 0.25) is 0 Å². The summed E-state index contributed by atoms with van der Waals surface area (Å²) in [4.78, 5) is 5.04. The number of piperidine rings is 1. The Balaban J connectivity index is 2.38. The summed E-state index contributed by atoms with van der Waals surface area (Å²) >= 11 is 0. The first-order valence-corrected chi connectivity index (χ1v) is 7.99. The van der Waals surface area contributed by atoms with Crippen LogP contribution in [0.1, 0.15) is 47.0 Å².